The van der Waals surface area contributed by atoms with Gasteiger partial charge in [0.25, 0.3) is 5.91 Å². The predicted octanol–water partition coefficient (Wildman–Crippen LogP) is 2.92. The van der Waals surface area contributed by atoms with Gasteiger partial charge in [-0.15, -0.1) is 0 Å². The van der Waals surface area contributed by atoms with Crippen LogP contribution in [0.5, 0.6) is 5.75 Å². The van der Waals surface area contributed by atoms with E-state index in [1.54, 1.807) is 37.4 Å². The summed E-state index contributed by atoms with van der Waals surface area (Å²) >= 11 is 9.15. The number of nitrogens with zero attached hydrogens (tertiary/aromatic N) is 1. The summed E-state index contributed by atoms with van der Waals surface area (Å²) in [6.07, 6.45) is 1.64. The van der Waals surface area contributed by atoms with Gasteiger partial charge in [-0.25, -0.2) is 5.43 Å². The quantitative estimate of drug-likeness (QED) is 0.515. The molecule has 0 aliphatic rings. The molecule has 2 N–H and O–H groups in total. The van der Waals surface area contributed by atoms with Gasteiger partial charge in [0.1, 0.15) is 5.75 Å². The van der Waals surface area contributed by atoms with Crippen molar-refractivity contribution in [2.24, 2.45) is 5.10 Å². The minimum atomic E-state index is -0.431. The van der Waals surface area contributed by atoms with Gasteiger partial charge < -0.3 is 10.1 Å². The van der Waals surface area contributed by atoms with Gasteiger partial charge in [0, 0.05) is 15.1 Å². The van der Waals surface area contributed by atoms with Gasteiger partial charge in [0.15, 0.2) is 0 Å². The first-order chi connectivity index (χ1) is 12.5. The van der Waals surface area contributed by atoms with E-state index in [1.807, 2.05) is 12.1 Å². The van der Waals surface area contributed by atoms with E-state index < -0.39 is 5.91 Å². The first-order valence-corrected chi connectivity index (χ1v) is 8.81. The monoisotopic (exact) mass is 437 g/mol. The van der Waals surface area contributed by atoms with Crippen LogP contribution in [-0.2, 0) is 16.0 Å². The van der Waals surface area contributed by atoms with E-state index in [9.17, 15) is 9.59 Å². The number of hydrogen-bond donors (Lipinski definition) is 2. The van der Waals surface area contributed by atoms with E-state index in [0.29, 0.717) is 16.3 Å². The Labute approximate surface area is 164 Å². The molecule has 0 bridgehead atoms. The van der Waals surface area contributed by atoms with E-state index in [4.69, 9.17) is 16.3 Å². The van der Waals surface area contributed by atoms with Crippen LogP contribution in [0.25, 0.3) is 0 Å². The molecular weight excluding hydrogens is 422 g/mol. The molecule has 2 aromatic carbocycles. The zero-order valence-electron chi connectivity index (χ0n) is 14.0. The molecule has 6 nitrogen and oxygen atoms in total. The third-order valence-corrected chi connectivity index (χ3v) is 4.05. The van der Waals surface area contributed by atoms with Crippen molar-refractivity contribution >= 4 is 45.6 Å². The summed E-state index contributed by atoms with van der Waals surface area (Å²) in [5.74, 6) is -0.0674. The molecule has 0 atom stereocenters. The molecule has 0 aliphatic heterocycles. The lowest BCUT2D eigenvalue weighted by molar-refractivity contribution is -0.125. The summed E-state index contributed by atoms with van der Waals surface area (Å²) in [4.78, 5) is 23.6. The number of hydrazone groups is 1. The highest BCUT2D eigenvalue weighted by molar-refractivity contribution is 9.10. The Bertz CT molecular complexity index is 810. The summed E-state index contributed by atoms with van der Waals surface area (Å²) in [7, 11) is 1.55. The average molecular weight is 439 g/mol. The van der Waals surface area contributed by atoms with Crippen LogP contribution >= 0.6 is 27.5 Å². The largest absolute Gasteiger partial charge is 0.496 e. The van der Waals surface area contributed by atoms with Crippen molar-refractivity contribution in [3.8, 4) is 5.75 Å². The van der Waals surface area contributed by atoms with Crippen LogP contribution in [0.4, 0.5) is 0 Å². The third kappa shape index (κ3) is 6.50. The van der Waals surface area contributed by atoms with E-state index in [1.165, 1.54) is 6.21 Å². The van der Waals surface area contributed by atoms with Gasteiger partial charge in [0.2, 0.25) is 5.91 Å². The van der Waals surface area contributed by atoms with E-state index in [-0.39, 0.29) is 18.9 Å². The van der Waals surface area contributed by atoms with Crippen LogP contribution in [-0.4, -0.2) is 31.7 Å². The topological polar surface area (TPSA) is 79.8 Å². The van der Waals surface area contributed by atoms with Crippen molar-refractivity contribution < 1.29 is 14.3 Å². The maximum Gasteiger partial charge on any atom is 0.259 e. The molecule has 8 heteroatoms. The van der Waals surface area contributed by atoms with Crippen LogP contribution in [0.15, 0.2) is 52.0 Å². The molecule has 0 fully saturated rings. The molecule has 0 saturated carbocycles. The summed E-state index contributed by atoms with van der Waals surface area (Å²) < 4.78 is 6.07. The second-order valence-electron chi connectivity index (χ2n) is 5.26. The van der Waals surface area contributed by atoms with Crippen LogP contribution in [0, 0.1) is 0 Å². The van der Waals surface area contributed by atoms with Gasteiger partial charge in [-0.3, -0.25) is 9.59 Å². The molecular formula is C18H17BrClN3O3. The summed E-state index contributed by atoms with van der Waals surface area (Å²) in [6.45, 7) is -0.167. The highest BCUT2D eigenvalue weighted by atomic mass is 79.9. The van der Waals surface area contributed by atoms with Crippen LogP contribution in [0.3, 0.4) is 0 Å². The zero-order chi connectivity index (χ0) is 18.9. The van der Waals surface area contributed by atoms with Crippen molar-refractivity contribution in [3.63, 3.8) is 0 Å². The van der Waals surface area contributed by atoms with Crippen molar-refractivity contribution in [1.82, 2.24) is 10.7 Å². The summed E-state index contributed by atoms with van der Waals surface area (Å²) in [5, 5.41) is 7.01. The summed E-state index contributed by atoms with van der Waals surface area (Å²) in [5.41, 5.74) is 3.87. The minimum absolute atomic E-state index is 0.167. The van der Waals surface area contributed by atoms with Gasteiger partial charge in [-0.05, 0) is 35.9 Å². The Kier molecular flexibility index (Phi) is 7.62. The van der Waals surface area contributed by atoms with Crippen molar-refractivity contribution in [2.75, 3.05) is 13.7 Å². The molecule has 26 heavy (non-hydrogen) atoms. The van der Waals surface area contributed by atoms with Crippen molar-refractivity contribution in [2.45, 2.75) is 6.42 Å². The smallest absolute Gasteiger partial charge is 0.259 e. The number of carbonyl (C=O) groups excluding carboxylic acids is 2. The zero-order valence-corrected chi connectivity index (χ0v) is 16.3. The maximum absolute atomic E-state index is 11.8. The van der Waals surface area contributed by atoms with Gasteiger partial charge in [-0.1, -0.05) is 39.7 Å². The SMILES string of the molecule is COc1ccc(Br)cc1/C=N\NC(=O)CNC(=O)Cc1ccc(Cl)cc1. The Balaban J connectivity index is 1.79. The highest BCUT2D eigenvalue weighted by Gasteiger charge is 2.06. The maximum atomic E-state index is 11.8. The molecule has 136 valence electrons. The van der Waals surface area contributed by atoms with Gasteiger partial charge >= 0.3 is 0 Å². The van der Waals surface area contributed by atoms with Crippen molar-refractivity contribution in [3.05, 3.63) is 63.1 Å². The van der Waals surface area contributed by atoms with Crippen LogP contribution in [0.2, 0.25) is 5.02 Å². The fraction of sp³-hybridized carbons (Fsp3) is 0.167. The number of hydrogen-bond acceptors (Lipinski definition) is 4. The Morgan fingerprint density at radius 2 is 1.92 bits per heavy atom. The molecule has 2 aromatic rings. The second kappa shape index (κ2) is 9.94. The molecule has 0 spiro atoms. The van der Waals surface area contributed by atoms with Crippen molar-refractivity contribution in [1.29, 1.82) is 0 Å². The number of nitrogens with one attached hydrogen (secondary N) is 2. The highest BCUT2D eigenvalue weighted by Crippen LogP contribution is 2.21. The normalized spacial score (nSPS) is 10.6. The Morgan fingerprint density at radius 3 is 2.62 bits per heavy atom. The fourth-order valence-electron chi connectivity index (χ4n) is 2.05. The lowest BCUT2D eigenvalue weighted by atomic mass is 10.1. The van der Waals surface area contributed by atoms with E-state index >= 15 is 0 Å². The van der Waals surface area contributed by atoms with Gasteiger partial charge in [0.05, 0.1) is 26.3 Å². The molecule has 0 heterocycles. The third-order valence-electron chi connectivity index (χ3n) is 3.31. The number of carbonyl (C=O) groups is 2. The molecule has 0 unspecified atom stereocenters. The Hall–Kier alpha value is -2.38. The molecule has 0 aliphatic carbocycles. The number of halogens is 2. The molecule has 0 saturated heterocycles. The number of amides is 2. The Morgan fingerprint density at radius 1 is 1.19 bits per heavy atom. The first kappa shape index (κ1) is 19.9. The lowest BCUT2D eigenvalue weighted by Crippen LogP contribution is -2.35. The van der Waals surface area contributed by atoms with E-state index in [2.05, 4.69) is 31.8 Å². The average Bonchev–Trinajstić information content (AvgIpc) is 2.62. The molecule has 2 rings (SSSR count). The minimum Gasteiger partial charge on any atom is -0.496 e. The second-order valence-corrected chi connectivity index (χ2v) is 6.61. The predicted molar refractivity (Wildman–Crippen MR) is 105 cm³/mol. The summed E-state index contributed by atoms with van der Waals surface area (Å²) in [6, 6.07) is 12.4. The number of benzene rings is 2. The standard InChI is InChI=1S/C18H17BrClN3O3/c1-26-16-7-4-14(19)9-13(16)10-22-23-18(25)11-21-17(24)8-12-2-5-15(20)6-3-12/h2-7,9-10H,8,11H2,1H3,(H,21,24)(H,23,25)/b22-10-. The molecule has 0 aromatic heterocycles. The fourth-order valence-corrected chi connectivity index (χ4v) is 2.55. The van der Waals surface area contributed by atoms with Crippen LogP contribution < -0.4 is 15.5 Å². The number of ether oxygens (including phenoxy) is 1. The molecule has 0 radical (unpaired) electrons. The van der Waals surface area contributed by atoms with Gasteiger partial charge in [-0.2, -0.15) is 5.10 Å². The van der Waals surface area contributed by atoms with Crippen LogP contribution in [0.1, 0.15) is 11.1 Å². The van der Waals surface area contributed by atoms with E-state index in [0.717, 1.165) is 10.0 Å². The number of rotatable bonds is 7. The first-order valence-electron chi connectivity index (χ1n) is 7.64. The lowest BCUT2D eigenvalue weighted by Gasteiger charge is -2.06. The number of methoxy groups -OCH3 is 1. The molecule has 2 amide bonds.